The zero-order valence-corrected chi connectivity index (χ0v) is 37.6. The monoisotopic (exact) mass is 865 g/mol. The largest absolute Gasteiger partial charge is 0.456 e. The lowest BCUT2D eigenvalue weighted by molar-refractivity contribution is -0.302. The quantitative estimate of drug-likeness (QED) is 0.0836. The molecule has 4 aliphatic rings. The molecule has 0 aromatic rings. The molecule has 14 atom stereocenters. The summed E-state index contributed by atoms with van der Waals surface area (Å²) in [6.45, 7) is 12.3. The first kappa shape index (κ1) is 50.6. The molecule has 346 valence electrons. The summed E-state index contributed by atoms with van der Waals surface area (Å²) in [7, 11) is 4.61. The standard InChI is InChI=1S/C46H73FN2O12/c1-10-13-33-21-27(2)20-28(3)22-39(57-8)42-40(58-9)24-30(5)46(55,61-42)43(52)44(53)49-18-12-11-14-35(49)45(54)60-41(31(6)37(51)26-34(33)48-59-19-17-47)29(4)23-32-15-16-36(50)38(25-32)56-7/h10,21,23,28,30-33,35-42,50-51,55H,1,11-20,22,24-26H2,2-9H3/b27-21+,29-23+,48-34-/t28-,30+,31+,32-,33+,35-,36+,37-,38+,39-,40-,41+,42+,46+/m0/s1. The molecule has 0 radical (unpaired) electrons. The smallest absolute Gasteiger partial charge is 0.329 e. The van der Waals surface area contributed by atoms with E-state index in [1.165, 1.54) is 19.1 Å². The van der Waals surface area contributed by atoms with Gasteiger partial charge in [0.25, 0.3) is 11.7 Å². The molecule has 4 rings (SSSR count). The Morgan fingerprint density at radius 1 is 0.984 bits per heavy atom. The number of esters is 1. The molecule has 3 aliphatic heterocycles. The predicted molar refractivity (Wildman–Crippen MR) is 227 cm³/mol. The minimum Gasteiger partial charge on any atom is -0.456 e. The molecule has 0 aromatic heterocycles. The highest BCUT2D eigenvalue weighted by Gasteiger charge is 2.56. The summed E-state index contributed by atoms with van der Waals surface area (Å²) in [6, 6.07) is -1.16. The molecule has 2 bridgehead atoms. The molecule has 1 aliphatic carbocycles. The Hall–Kier alpha value is -3.05. The zero-order valence-electron chi connectivity index (χ0n) is 37.6. The lowest BCUT2D eigenvalue weighted by Gasteiger charge is -2.47. The number of nitrogens with zero attached hydrogens (tertiary/aromatic N) is 2. The summed E-state index contributed by atoms with van der Waals surface area (Å²) in [5.41, 5.74) is 2.11. The molecule has 0 aromatic carbocycles. The van der Waals surface area contributed by atoms with Crippen molar-refractivity contribution in [2.45, 2.75) is 160 Å². The van der Waals surface area contributed by atoms with Crippen molar-refractivity contribution in [1.29, 1.82) is 0 Å². The Morgan fingerprint density at radius 2 is 1.67 bits per heavy atom. The molecule has 61 heavy (non-hydrogen) atoms. The van der Waals surface area contributed by atoms with Crippen LogP contribution in [0.1, 0.15) is 105 Å². The van der Waals surface area contributed by atoms with E-state index in [0.717, 1.165) is 5.57 Å². The number of allylic oxidation sites excluding steroid dienone is 4. The van der Waals surface area contributed by atoms with Crippen LogP contribution in [0.2, 0.25) is 0 Å². The third-order valence-electron chi connectivity index (χ3n) is 13.2. The van der Waals surface area contributed by atoms with Gasteiger partial charge in [0.05, 0.1) is 36.2 Å². The molecule has 0 spiro atoms. The van der Waals surface area contributed by atoms with Crippen molar-refractivity contribution in [3.63, 3.8) is 0 Å². The number of piperidine rings is 1. The normalized spacial score (nSPS) is 39.7. The van der Waals surface area contributed by atoms with E-state index in [0.29, 0.717) is 62.7 Å². The van der Waals surface area contributed by atoms with Gasteiger partial charge in [-0.1, -0.05) is 49.7 Å². The fourth-order valence-electron chi connectivity index (χ4n) is 9.71. The van der Waals surface area contributed by atoms with Crippen LogP contribution in [-0.2, 0) is 42.9 Å². The van der Waals surface area contributed by atoms with Gasteiger partial charge >= 0.3 is 5.97 Å². The number of hydrogen-bond acceptors (Lipinski definition) is 13. The second kappa shape index (κ2) is 23.6. The van der Waals surface area contributed by atoms with Crippen LogP contribution in [0.15, 0.2) is 41.1 Å². The minimum absolute atomic E-state index is 0.00116. The van der Waals surface area contributed by atoms with Crippen molar-refractivity contribution < 1.29 is 62.6 Å². The van der Waals surface area contributed by atoms with Gasteiger partial charge in [-0.3, -0.25) is 9.59 Å². The van der Waals surface area contributed by atoms with E-state index < -0.39 is 84.6 Å². The minimum atomic E-state index is -2.52. The molecule has 14 nitrogen and oxygen atoms in total. The van der Waals surface area contributed by atoms with Gasteiger partial charge in [-0.25, -0.2) is 9.18 Å². The van der Waals surface area contributed by atoms with Gasteiger partial charge in [-0.15, -0.1) is 6.58 Å². The maximum atomic E-state index is 14.5. The molecule has 1 saturated carbocycles. The Bertz CT molecular complexity index is 1570. The number of ketones is 1. The average Bonchev–Trinajstić information content (AvgIpc) is 3.24. The number of carbonyl (C=O) groups is 3. The number of fused-ring (bicyclic) bond motifs is 3. The van der Waals surface area contributed by atoms with Gasteiger partial charge in [0.2, 0.25) is 5.79 Å². The van der Waals surface area contributed by atoms with Crippen LogP contribution < -0.4 is 0 Å². The number of hydrogen-bond donors (Lipinski definition) is 3. The second-order valence-electron chi connectivity index (χ2n) is 17.9. The summed E-state index contributed by atoms with van der Waals surface area (Å²) in [4.78, 5) is 49.7. The van der Waals surface area contributed by atoms with E-state index in [1.54, 1.807) is 27.0 Å². The van der Waals surface area contributed by atoms with Crippen molar-refractivity contribution >= 4 is 23.4 Å². The number of Topliss-reactive ketones (excluding diaryl/α,β-unsaturated/α-hetero) is 1. The number of cyclic esters (lactones) is 1. The van der Waals surface area contributed by atoms with Crippen LogP contribution >= 0.6 is 0 Å². The third-order valence-corrected chi connectivity index (χ3v) is 13.2. The fraction of sp³-hybridized carbons (Fsp3) is 0.783. The SMILES string of the molecule is C=CC[C@@H]1/C=C(\C)C[C@H](C)C[C@H](OC)[C@H]2O[C@@](O)(C(=O)C(=O)N3CCCC[C@H]3C(=O)O[C@H](/C(C)=C/[C@@H]3CC[C@@H](O)[C@H](OC)C3)[C@H](C)[C@@H](O)C/C1=N/OCCF)[C@H](C)C[C@@H]2OC. The Labute approximate surface area is 361 Å². The van der Waals surface area contributed by atoms with E-state index in [1.807, 2.05) is 26.0 Å². The summed E-state index contributed by atoms with van der Waals surface area (Å²) in [6.07, 6.45) is 5.29. The van der Waals surface area contributed by atoms with Crippen LogP contribution in [-0.4, -0.2) is 139 Å². The highest BCUT2D eigenvalue weighted by atomic mass is 19.1. The number of oxime groups is 1. The van der Waals surface area contributed by atoms with E-state index >= 15 is 0 Å². The number of aliphatic hydroxyl groups excluding tert-OH is 2. The van der Waals surface area contributed by atoms with Gasteiger partial charge in [0, 0.05) is 52.0 Å². The number of amides is 1. The number of ether oxygens (including phenoxy) is 5. The molecule has 3 fully saturated rings. The van der Waals surface area contributed by atoms with Gasteiger partial charge in [0.15, 0.2) is 0 Å². The van der Waals surface area contributed by atoms with Gasteiger partial charge in [-0.2, -0.15) is 0 Å². The first-order valence-corrected chi connectivity index (χ1v) is 22.1. The summed E-state index contributed by atoms with van der Waals surface area (Å²) in [5.74, 6) is -7.48. The van der Waals surface area contributed by atoms with Crippen molar-refractivity contribution in [2.24, 2.45) is 34.7 Å². The lowest BCUT2D eigenvalue weighted by Crippen LogP contribution is -2.64. The topological polar surface area (TPSA) is 183 Å². The number of carbonyl (C=O) groups excluding carboxylic acids is 3. The highest BCUT2D eigenvalue weighted by Crippen LogP contribution is 2.39. The van der Waals surface area contributed by atoms with E-state index in [-0.39, 0.29) is 56.3 Å². The maximum absolute atomic E-state index is 14.5. The van der Waals surface area contributed by atoms with Crippen LogP contribution in [0.3, 0.4) is 0 Å². The van der Waals surface area contributed by atoms with E-state index in [9.17, 15) is 34.1 Å². The Morgan fingerprint density at radius 3 is 2.33 bits per heavy atom. The van der Waals surface area contributed by atoms with Crippen LogP contribution in [0.25, 0.3) is 0 Å². The van der Waals surface area contributed by atoms with Crippen molar-refractivity contribution in [3.05, 3.63) is 36.0 Å². The molecular weight excluding hydrogens is 792 g/mol. The van der Waals surface area contributed by atoms with Crippen molar-refractivity contribution in [3.8, 4) is 0 Å². The summed E-state index contributed by atoms with van der Waals surface area (Å²) in [5, 5.41) is 39.0. The van der Waals surface area contributed by atoms with E-state index in [4.69, 9.17) is 28.5 Å². The van der Waals surface area contributed by atoms with Gasteiger partial charge < -0.3 is 48.7 Å². The van der Waals surface area contributed by atoms with Crippen LogP contribution in [0.5, 0.6) is 0 Å². The fourth-order valence-corrected chi connectivity index (χ4v) is 9.71. The first-order valence-electron chi connectivity index (χ1n) is 22.1. The van der Waals surface area contributed by atoms with Crippen LogP contribution in [0.4, 0.5) is 4.39 Å². The number of aliphatic hydroxyl groups is 3. The van der Waals surface area contributed by atoms with Crippen molar-refractivity contribution in [2.75, 3.05) is 41.2 Å². The number of alkyl halides is 1. The second-order valence-corrected chi connectivity index (χ2v) is 17.9. The molecule has 3 N–H and O–H groups in total. The van der Waals surface area contributed by atoms with Gasteiger partial charge in [0.1, 0.15) is 31.5 Å². The average molecular weight is 865 g/mol. The summed E-state index contributed by atoms with van der Waals surface area (Å²) >= 11 is 0. The molecule has 2 saturated heterocycles. The first-order chi connectivity index (χ1) is 29.0. The third kappa shape index (κ3) is 12.8. The maximum Gasteiger partial charge on any atom is 0.329 e. The predicted octanol–water partition coefficient (Wildman–Crippen LogP) is 5.41. The number of halogens is 1. The molecule has 1 amide bonds. The molecular formula is C46H73FN2O12. The zero-order chi connectivity index (χ0) is 45.0. The Balaban J connectivity index is 1.84. The summed E-state index contributed by atoms with van der Waals surface area (Å²) < 4.78 is 43.3. The number of methoxy groups -OCH3 is 3. The van der Waals surface area contributed by atoms with Crippen molar-refractivity contribution in [1.82, 2.24) is 4.90 Å². The van der Waals surface area contributed by atoms with Crippen LogP contribution in [0, 0.1) is 29.6 Å². The van der Waals surface area contributed by atoms with E-state index in [2.05, 4.69) is 18.7 Å². The lowest BCUT2D eigenvalue weighted by atomic mass is 9.81. The molecule has 0 unspecified atom stereocenters. The molecule has 3 heterocycles. The Kier molecular flexibility index (Phi) is 19.6. The number of rotatable bonds is 10. The highest BCUT2D eigenvalue weighted by molar-refractivity contribution is 6.39. The molecule has 15 heteroatoms. The van der Waals surface area contributed by atoms with Gasteiger partial charge in [-0.05, 0) is 95.5 Å².